The van der Waals surface area contributed by atoms with E-state index in [-0.39, 0.29) is 5.91 Å². The van der Waals surface area contributed by atoms with Gasteiger partial charge in [0.05, 0.1) is 11.9 Å². The summed E-state index contributed by atoms with van der Waals surface area (Å²) >= 11 is 3.42. The van der Waals surface area contributed by atoms with Crippen molar-refractivity contribution in [2.75, 3.05) is 0 Å². The molecule has 3 aromatic rings. The van der Waals surface area contributed by atoms with Crippen molar-refractivity contribution in [2.45, 2.75) is 19.9 Å². The topological polar surface area (TPSA) is 59.8 Å². The van der Waals surface area contributed by atoms with Crippen LogP contribution in [0, 0.1) is 0 Å². The van der Waals surface area contributed by atoms with Crippen LogP contribution >= 0.6 is 15.9 Å². The predicted octanol–water partition coefficient (Wildman–Crippen LogP) is 3.52. The monoisotopic (exact) mass is 384 g/mol. The van der Waals surface area contributed by atoms with E-state index in [9.17, 15) is 4.79 Å². The van der Waals surface area contributed by atoms with Crippen molar-refractivity contribution in [1.29, 1.82) is 0 Å². The number of nitrogens with one attached hydrogen (secondary N) is 1. The van der Waals surface area contributed by atoms with E-state index in [0.29, 0.717) is 12.2 Å². The average Bonchev–Trinajstić information content (AvgIpc) is 3.10. The van der Waals surface area contributed by atoms with Gasteiger partial charge in [0.2, 0.25) is 0 Å². The van der Waals surface area contributed by atoms with Crippen molar-refractivity contribution in [1.82, 2.24) is 20.3 Å². The van der Waals surface area contributed by atoms with E-state index in [1.165, 1.54) is 5.56 Å². The van der Waals surface area contributed by atoms with Crippen molar-refractivity contribution < 1.29 is 4.79 Å². The van der Waals surface area contributed by atoms with Crippen molar-refractivity contribution in [3.63, 3.8) is 0 Å². The van der Waals surface area contributed by atoms with Crippen LogP contribution in [0.4, 0.5) is 0 Å². The van der Waals surface area contributed by atoms with Gasteiger partial charge in [0.25, 0.3) is 5.91 Å². The van der Waals surface area contributed by atoms with Crippen molar-refractivity contribution in [3.05, 3.63) is 76.0 Å². The molecule has 0 atom stereocenters. The Bertz CT molecular complexity index is 842. The number of halogens is 1. The molecule has 24 heavy (non-hydrogen) atoms. The lowest BCUT2D eigenvalue weighted by molar-refractivity contribution is 0.0946. The van der Waals surface area contributed by atoms with E-state index in [0.717, 1.165) is 22.1 Å². The van der Waals surface area contributed by atoms with Gasteiger partial charge < -0.3 is 5.32 Å². The summed E-state index contributed by atoms with van der Waals surface area (Å²) in [6.45, 7) is 2.55. The van der Waals surface area contributed by atoms with Gasteiger partial charge in [0.1, 0.15) is 0 Å². The van der Waals surface area contributed by atoms with Gasteiger partial charge in [-0.1, -0.05) is 52.3 Å². The maximum Gasteiger partial charge on any atom is 0.273 e. The molecule has 0 bridgehead atoms. The number of carbonyl (C=O) groups is 1. The SMILES string of the molecule is CCc1ccc(-n2cc(C(=O)NCc3cccc(Br)c3)nn2)cc1. The number of nitrogens with zero attached hydrogens (tertiary/aromatic N) is 3. The summed E-state index contributed by atoms with van der Waals surface area (Å²) in [6.07, 6.45) is 2.62. The van der Waals surface area contributed by atoms with Crippen LogP contribution in [0.15, 0.2) is 59.2 Å². The van der Waals surface area contributed by atoms with Crippen LogP contribution in [0.25, 0.3) is 5.69 Å². The summed E-state index contributed by atoms with van der Waals surface area (Å²) < 4.78 is 2.59. The highest BCUT2D eigenvalue weighted by Gasteiger charge is 2.11. The molecule has 0 saturated heterocycles. The van der Waals surface area contributed by atoms with Crippen LogP contribution in [0.2, 0.25) is 0 Å². The number of aryl methyl sites for hydroxylation is 1. The number of carbonyl (C=O) groups excluding carboxylic acids is 1. The summed E-state index contributed by atoms with van der Waals surface area (Å²) in [5.41, 5.74) is 3.45. The molecule has 122 valence electrons. The second kappa shape index (κ2) is 7.40. The Labute approximate surface area is 148 Å². The largest absolute Gasteiger partial charge is 0.347 e. The van der Waals surface area contributed by atoms with Crippen LogP contribution in [0.5, 0.6) is 0 Å². The number of hydrogen-bond donors (Lipinski definition) is 1. The first-order valence-electron chi connectivity index (χ1n) is 7.70. The normalized spacial score (nSPS) is 10.6. The fourth-order valence-corrected chi connectivity index (χ4v) is 2.74. The van der Waals surface area contributed by atoms with Crippen molar-refractivity contribution in [3.8, 4) is 5.69 Å². The third-order valence-electron chi connectivity index (χ3n) is 3.68. The summed E-state index contributed by atoms with van der Waals surface area (Å²) in [5.74, 6) is -0.244. The second-order valence-electron chi connectivity index (χ2n) is 5.38. The zero-order valence-electron chi connectivity index (χ0n) is 13.2. The molecule has 1 aromatic heterocycles. The second-order valence-corrected chi connectivity index (χ2v) is 6.30. The van der Waals surface area contributed by atoms with Crippen molar-refractivity contribution in [2.24, 2.45) is 0 Å². The highest BCUT2D eigenvalue weighted by molar-refractivity contribution is 9.10. The Balaban J connectivity index is 1.66. The predicted molar refractivity (Wildman–Crippen MR) is 96.0 cm³/mol. The molecule has 0 aliphatic heterocycles. The summed E-state index contributed by atoms with van der Waals surface area (Å²) in [5, 5.41) is 10.8. The zero-order chi connectivity index (χ0) is 16.9. The van der Waals surface area contributed by atoms with E-state index in [1.807, 2.05) is 48.5 Å². The third kappa shape index (κ3) is 3.89. The molecule has 0 fully saturated rings. The number of hydrogen-bond acceptors (Lipinski definition) is 3. The first kappa shape index (κ1) is 16.4. The molecule has 0 radical (unpaired) electrons. The molecule has 0 unspecified atom stereocenters. The van der Waals surface area contributed by atoms with Gasteiger partial charge in [-0.05, 0) is 41.8 Å². The van der Waals surface area contributed by atoms with E-state index in [4.69, 9.17) is 0 Å². The van der Waals surface area contributed by atoms with Crippen LogP contribution in [0.3, 0.4) is 0 Å². The quantitative estimate of drug-likeness (QED) is 0.731. The Morgan fingerprint density at radius 2 is 1.96 bits per heavy atom. The lowest BCUT2D eigenvalue weighted by Crippen LogP contribution is -2.23. The highest BCUT2D eigenvalue weighted by Crippen LogP contribution is 2.12. The highest BCUT2D eigenvalue weighted by atomic mass is 79.9. The number of amides is 1. The number of aromatic nitrogens is 3. The summed E-state index contributed by atoms with van der Waals surface area (Å²) in [6, 6.07) is 15.8. The number of benzene rings is 2. The fraction of sp³-hybridized carbons (Fsp3) is 0.167. The van der Waals surface area contributed by atoms with Crippen LogP contribution in [0.1, 0.15) is 28.5 Å². The first-order chi connectivity index (χ1) is 11.7. The van der Waals surface area contributed by atoms with Gasteiger partial charge >= 0.3 is 0 Å². The van der Waals surface area contributed by atoms with E-state index >= 15 is 0 Å². The lowest BCUT2D eigenvalue weighted by atomic mass is 10.1. The molecule has 1 N–H and O–H groups in total. The lowest BCUT2D eigenvalue weighted by Gasteiger charge is -2.03. The molecule has 6 heteroatoms. The molecule has 3 rings (SSSR count). The van der Waals surface area contributed by atoms with E-state index in [2.05, 4.69) is 38.5 Å². The Morgan fingerprint density at radius 3 is 2.67 bits per heavy atom. The Morgan fingerprint density at radius 1 is 1.17 bits per heavy atom. The third-order valence-corrected chi connectivity index (χ3v) is 4.17. The minimum Gasteiger partial charge on any atom is -0.347 e. The molecular weight excluding hydrogens is 368 g/mol. The molecule has 0 saturated carbocycles. The molecule has 0 spiro atoms. The fourth-order valence-electron chi connectivity index (χ4n) is 2.30. The van der Waals surface area contributed by atoms with Gasteiger partial charge in [0, 0.05) is 11.0 Å². The number of rotatable bonds is 5. The standard InChI is InChI=1S/C18H17BrN4O/c1-2-13-6-8-16(9-7-13)23-12-17(21-22-23)18(24)20-11-14-4-3-5-15(19)10-14/h3-10,12H,2,11H2,1H3,(H,20,24). The van der Waals surface area contributed by atoms with Gasteiger partial charge in [-0.15, -0.1) is 5.10 Å². The maximum absolute atomic E-state index is 12.2. The minimum absolute atomic E-state index is 0.244. The minimum atomic E-state index is -0.244. The molecular formula is C18H17BrN4O. The van der Waals surface area contributed by atoms with Crippen LogP contribution in [-0.4, -0.2) is 20.9 Å². The zero-order valence-corrected chi connectivity index (χ0v) is 14.8. The molecule has 0 aliphatic carbocycles. The molecule has 2 aromatic carbocycles. The molecule has 1 heterocycles. The van der Waals surface area contributed by atoms with Gasteiger partial charge in [-0.25, -0.2) is 4.68 Å². The van der Waals surface area contributed by atoms with Crippen molar-refractivity contribution >= 4 is 21.8 Å². The molecule has 5 nitrogen and oxygen atoms in total. The van der Waals surface area contributed by atoms with Gasteiger partial charge in [-0.3, -0.25) is 4.79 Å². The first-order valence-corrected chi connectivity index (χ1v) is 8.49. The van der Waals surface area contributed by atoms with Gasteiger partial charge in [0.15, 0.2) is 5.69 Å². The maximum atomic E-state index is 12.2. The van der Waals surface area contributed by atoms with E-state index in [1.54, 1.807) is 10.9 Å². The Hall–Kier alpha value is -2.47. The summed E-state index contributed by atoms with van der Waals surface area (Å²) in [4.78, 5) is 12.2. The smallest absolute Gasteiger partial charge is 0.273 e. The van der Waals surface area contributed by atoms with Crippen LogP contribution in [-0.2, 0) is 13.0 Å². The van der Waals surface area contributed by atoms with E-state index < -0.39 is 0 Å². The average molecular weight is 385 g/mol. The molecule has 0 aliphatic rings. The summed E-state index contributed by atoms with van der Waals surface area (Å²) in [7, 11) is 0. The molecule has 1 amide bonds. The van der Waals surface area contributed by atoms with Crippen LogP contribution < -0.4 is 5.32 Å². The van der Waals surface area contributed by atoms with Gasteiger partial charge in [-0.2, -0.15) is 0 Å². The Kier molecular flexibility index (Phi) is 5.05.